The van der Waals surface area contributed by atoms with Gasteiger partial charge in [0.2, 0.25) is 5.95 Å². The number of hydrogen-bond donors (Lipinski definition) is 3. The Labute approximate surface area is 206 Å². The molecule has 1 amide bonds. The van der Waals surface area contributed by atoms with E-state index in [1.54, 1.807) is 24.4 Å². The number of anilines is 2. The van der Waals surface area contributed by atoms with Gasteiger partial charge in [0.25, 0.3) is 5.91 Å². The number of nitrogen functional groups attached to an aromatic ring is 1. The molecule has 0 bridgehead atoms. The molecule has 2 aliphatic rings. The van der Waals surface area contributed by atoms with Crippen molar-refractivity contribution >= 4 is 17.5 Å². The number of benzene rings is 2. The summed E-state index contributed by atoms with van der Waals surface area (Å²) >= 11 is 0. The van der Waals surface area contributed by atoms with Gasteiger partial charge in [-0.15, -0.1) is 0 Å². The number of hydrogen-bond acceptors (Lipinski definition) is 7. The maximum Gasteiger partial charge on any atom is 0.261 e. The first kappa shape index (κ1) is 22.3. The van der Waals surface area contributed by atoms with Gasteiger partial charge in [-0.25, -0.2) is 9.37 Å². The summed E-state index contributed by atoms with van der Waals surface area (Å²) in [6, 6.07) is 10.5. The Balaban J connectivity index is 1.38. The zero-order chi connectivity index (χ0) is 24.8. The lowest BCUT2D eigenvalue weighted by Gasteiger charge is -2.31. The fourth-order valence-electron chi connectivity index (χ4n) is 4.87. The number of carbonyl (C=O) groups is 1. The van der Waals surface area contributed by atoms with E-state index in [0.29, 0.717) is 47.9 Å². The van der Waals surface area contributed by atoms with Crippen molar-refractivity contribution in [2.45, 2.75) is 38.2 Å². The Kier molecular flexibility index (Phi) is 5.45. The molecule has 0 atom stereocenters. The summed E-state index contributed by atoms with van der Waals surface area (Å²) in [6.07, 6.45) is 4.67. The van der Waals surface area contributed by atoms with E-state index in [1.165, 1.54) is 11.0 Å². The lowest BCUT2D eigenvalue weighted by Crippen LogP contribution is -2.39. The largest absolute Gasteiger partial charge is 0.392 e. The van der Waals surface area contributed by atoms with Crippen LogP contribution in [0.25, 0.3) is 11.4 Å². The fourth-order valence-corrected chi connectivity index (χ4v) is 4.87. The van der Waals surface area contributed by atoms with E-state index in [2.05, 4.69) is 25.1 Å². The Morgan fingerprint density at radius 3 is 2.78 bits per heavy atom. The number of rotatable bonds is 6. The number of halogens is 1. The van der Waals surface area contributed by atoms with Crippen LogP contribution >= 0.6 is 0 Å². The first-order valence-electron chi connectivity index (χ1n) is 11.9. The third-order valence-corrected chi connectivity index (χ3v) is 6.75. The number of fused-ring (bicyclic) bond motifs is 1. The van der Waals surface area contributed by atoms with E-state index >= 15 is 4.39 Å². The number of nitrogens with one attached hydrogen (secondary N) is 1. The second-order valence-corrected chi connectivity index (χ2v) is 9.17. The molecule has 2 aromatic heterocycles. The van der Waals surface area contributed by atoms with E-state index in [-0.39, 0.29) is 23.9 Å². The highest BCUT2D eigenvalue weighted by atomic mass is 19.1. The molecule has 182 valence electrons. The van der Waals surface area contributed by atoms with Gasteiger partial charge >= 0.3 is 0 Å². The van der Waals surface area contributed by atoms with Crippen molar-refractivity contribution in [2.75, 3.05) is 17.2 Å². The number of aromatic amines is 1. The monoisotopic (exact) mass is 485 g/mol. The molecule has 1 aliphatic carbocycles. The van der Waals surface area contributed by atoms with E-state index in [0.717, 1.165) is 29.7 Å². The third-order valence-electron chi connectivity index (χ3n) is 6.75. The molecule has 1 fully saturated rings. The molecule has 4 N–H and O–H groups in total. The van der Waals surface area contributed by atoms with Crippen molar-refractivity contribution in [3.63, 3.8) is 0 Å². The predicted molar refractivity (Wildman–Crippen MR) is 131 cm³/mol. The van der Waals surface area contributed by atoms with Crippen LogP contribution in [0.15, 0.2) is 42.6 Å². The SMILES string of the molecule is Nc1nc(Cc2ccn[nH]2)nc(-c2cccc(N3CCc4cc(C5CC5)cc(F)c4C3=O)c2CO)n1. The van der Waals surface area contributed by atoms with Crippen molar-refractivity contribution in [2.24, 2.45) is 0 Å². The van der Waals surface area contributed by atoms with Gasteiger partial charge in [-0.2, -0.15) is 15.1 Å². The summed E-state index contributed by atoms with van der Waals surface area (Å²) in [6.45, 7) is 0.00692. The standard InChI is InChI=1S/C26H24FN7O2/c27-20-11-16(14-4-5-14)10-15-7-9-34(25(36)23(15)20)21-3-1-2-18(19(21)13-35)24-30-22(31-26(28)32-24)12-17-6-8-29-33-17/h1-3,6,8,10-11,14,35H,4-5,7,9,12-13H2,(H,29,33)(H2,28,30,31,32). The zero-order valence-electron chi connectivity index (χ0n) is 19.4. The number of nitrogens with two attached hydrogens (primary N) is 1. The van der Waals surface area contributed by atoms with Gasteiger partial charge in [0.1, 0.15) is 11.6 Å². The van der Waals surface area contributed by atoms with Gasteiger partial charge in [0.15, 0.2) is 5.82 Å². The van der Waals surface area contributed by atoms with Crippen LogP contribution < -0.4 is 10.6 Å². The lowest BCUT2D eigenvalue weighted by molar-refractivity contribution is 0.0976. The van der Waals surface area contributed by atoms with Gasteiger partial charge in [-0.05, 0) is 54.5 Å². The van der Waals surface area contributed by atoms with Crippen LogP contribution in [0.5, 0.6) is 0 Å². The Morgan fingerprint density at radius 1 is 1.17 bits per heavy atom. The summed E-state index contributed by atoms with van der Waals surface area (Å²) in [7, 11) is 0. The topological polar surface area (TPSA) is 134 Å². The quantitative estimate of drug-likeness (QED) is 0.382. The minimum atomic E-state index is -0.487. The average molecular weight is 486 g/mol. The second kappa shape index (κ2) is 8.80. The molecule has 3 heterocycles. The van der Waals surface area contributed by atoms with Crippen molar-refractivity contribution in [3.05, 3.63) is 82.2 Å². The van der Waals surface area contributed by atoms with Crippen LogP contribution in [-0.2, 0) is 19.4 Å². The number of carbonyl (C=O) groups excluding carboxylic acids is 1. The molecule has 10 heteroatoms. The number of aliphatic hydroxyl groups excluding tert-OH is 1. The Hall–Kier alpha value is -4.18. The highest BCUT2D eigenvalue weighted by molar-refractivity contribution is 6.09. The van der Waals surface area contributed by atoms with Gasteiger partial charge in [-0.3, -0.25) is 9.89 Å². The van der Waals surface area contributed by atoms with Gasteiger partial charge < -0.3 is 15.7 Å². The fraction of sp³-hybridized carbons (Fsp3) is 0.269. The summed E-state index contributed by atoms with van der Waals surface area (Å²) in [5.41, 5.74) is 10.1. The first-order chi connectivity index (χ1) is 17.5. The Morgan fingerprint density at radius 2 is 2.03 bits per heavy atom. The van der Waals surface area contributed by atoms with Crippen molar-refractivity contribution in [1.82, 2.24) is 25.1 Å². The number of H-pyrrole nitrogens is 1. The number of nitrogens with zero attached hydrogens (tertiary/aromatic N) is 5. The summed E-state index contributed by atoms with van der Waals surface area (Å²) in [5.74, 6) is 0.264. The van der Waals surface area contributed by atoms with E-state index in [4.69, 9.17) is 5.73 Å². The van der Waals surface area contributed by atoms with Crippen LogP contribution in [-0.4, -0.2) is 42.7 Å². The molecule has 9 nitrogen and oxygen atoms in total. The molecule has 0 saturated heterocycles. The highest BCUT2D eigenvalue weighted by Crippen LogP contribution is 2.42. The molecular formula is C26H24FN7O2. The maximum absolute atomic E-state index is 15.1. The highest BCUT2D eigenvalue weighted by Gasteiger charge is 2.33. The predicted octanol–water partition coefficient (Wildman–Crippen LogP) is 3.15. The Bertz CT molecular complexity index is 1470. The van der Waals surface area contributed by atoms with E-state index < -0.39 is 11.7 Å². The molecule has 4 aromatic rings. The summed E-state index contributed by atoms with van der Waals surface area (Å²) in [4.78, 5) is 28.0. The molecule has 1 saturated carbocycles. The molecule has 0 spiro atoms. The lowest BCUT2D eigenvalue weighted by atomic mass is 9.93. The normalized spacial score (nSPS) is 15.3. The van der Waals surface area contributed by atoms with Crippen LogP contribution in [0.1, 0.15) is 57.3 Å². The van der Waals surface area contributed by atoms with Crippen LogP contribution in [0.4, 0.5) is 16.0 Å². The maximum atomic E-state index is 15.1. The minimum Gasteiger partial charge on any atom is -0.392 e. The van der Waals surface area contributed by atoms with Crippen molar-refractivity contribution in [3.8, 4) is 11.4 Å². The van der Waals surface area contributed by atoms with Crippen molar-refractivity contribution in [1.29, 1.82) is 0 Å². The molecule has 36 heavy (non-hydrogen) atoms. The second-order valence-electron chi connectivity index (χ2n) is 9.17. The molecule has 0 unspecified atom stereocenters. The van der Waals surface area contributed by atoms with Crippen molar-refractivity contribution < 1.29 is 14.3 Å². The van der Waals surface area contributed by atoms with E-state index in [9.17, 15) is 9.90 Å². The summed E-state index contributed by atoms with van der Waals surface area (Å²) in [5, 5.41) is 17.1. The molecule has 6 rings (SSSR count). The first-order valence-corrected chi connectivity index (χ1v) is 11.9. The minimum absolute atomic E-state index is 0.0420. The van der Waals surface area contributed by atoms with Crippen LogP contribution in [0.2, 0.25) is 0 Å². The molecular weight excluding hydrogens is 461 g/mol. The van der Waals surface area contributed by atoms with Gasteiger partial charge in [0, 0.05) is 36.0 Å². The average Bonchev–Trinajstić information content (AvgIpc) is 3.60. The third kappa shape index (κ3) is 3.99. The zero-order valence-corrected chi connectivity index (χ0v) is 19.4. The molecule has 2 aromatic carbocycles. The molecule has 0 radical (unpaired) electrons. The number of aliphatic hydroxyl groups is 1. The smallest absolute Gasteiger partial charge is 0.261 e. The van der Waals surface area contributed by atoms with E-state index in [1.807, 2.05) is 12.1 Å². The summed E-state index contributed by atoms with van der Waals surface area (Å²) < 4.78 is 15.1. The number of amides is 1. The molecule has 1 aliphatic heterocycles. The van der Waals surface area contributed by atoms with Crippen LogP contribution in [0.3, 0.4) is 0 Å². The number of aromatic nitrogens is 5. The van der Waals surface area contributed by atoms with Gasteiger partial charge in [0.05, 0.1) is 17.9 Å². The van der Waals surface area contributed by atoms with Gasteiger partial charge in [-0.1, -0.05) is 18.2 Å². The van der Waals surface area contributed by atoms with Crippen LogP contribution in [0, 0.1) is 5.82 Å².